The first-order chi connectivity index (χ1) is 13.6. The average molecular weight is 428 g/mol. The molecule has 2 atom stereocenters. The Balaban J connectivity index is 2.19. The van der Waals surface area contributed by atoms with E-state index in [0.29, 0.717) is 24.9 Å². The number of likely N-dealkylation sites (tertiary alicyclic amines) is 1. The summed E-state index contributed by atoms with van der Waals surface area (Å²) < 4.78 is 31.9. The van der Waals surface area contributed by atoms with Crippen molar-refractivity contribution in [1.29, 1.82) is 0 Å². The van der Waals surface area contributed by atoms with Gasteiger partial charge in [-0.2, -0.15) is 4.31 Å². The Kier molecular flexibility index (Phi) is 7.59. The van der Waals surface area contributed by atoms with Crippen LogP contribution in [0.4, 0.5) is 5.69 Å². The highest BCUT2D eigenvalue weighted by Crippen LogP contribution is 2.31. The van der Waals surface area contributed by atoms with Gasteiger partial charge in [0.05, 0.1) is 9.82 Å². The number of amides is 1. The van der Waals surface area contributed by atoms with Gasteiger partial charge in [-0.3, -0.25) is 14.9 Å². The van der Waals surface area contributed by atoms with Crippen molar-refractivity contribution in [3.63, 3.8) is 0 Å². The number of nitro groups is 1. The zero-order valence-electron chi connectivity index (χ0n) is 17.3. The zero-order chi connectivity index (χ0) is 21.8. The molecule has 1 fully saturated rings. The summed E-state index contributed by atoms with van der Waals surface area (Å²) in [4.78, 5) is 24.8. The Hall–Kier alpha value is -2.20. The molecule has 0 aliphatic carbocycles. The molecule has 1 aromatic rings. The number of hydrogen-bond acceptors (Lipinski definition) is 6. The van der Waals surface area contributed by atoms with Crippen molar-refractivity contribution in [1.82, 2.24) is 9.21 Å². The second kappa shape index (κ2) is 9.53. The Labute approximate surface area is 171 Å². The van der Waals surface area contributed by atoms with Crippen molar-refractivity contribution in [2.75, 3.05) is 32.8 Å². The van der Waals surface area contributed by atoms with Crippen molar-refractivity contribution in [3.8, 4) is 5.75 Å². The second-order valence-corrected chi connectivity index (χ2v) is 9.45. The van der Waals surface area contributed by atoms with Crippen LogP contribution in [0.5, 0.6) is 5.75 Å². The van der Waals surface area contributed by atoms with E-state index in [9.17, 15) is 23.3 Å². The maximum atomic E-state index is 12.6. The zero-order valence-corrected chi connectivity index (χ0v) is 18.1. The predicted octanol–water partition coefficient (Wildman–Crippen LogP) is 2.51. The third kappa shape index (κ3) is 5.45. The summed E-state index contributed by atoms with van der Waals surface area (Å²) in [6.07, 6.45) is 1.05. The van der Waals surface area contributed by atoms with Crippen molar-refractivity contribution in [3.05, 3.63) is 28.3 Å². The first-order valence-electron chi connectivity index (χ1n) is 9.79. The van der Waals surface area contributed by atoms with Crippen LogP contribution in [0.2, 0.25) is 0 Å². The highest BCUT2D eigenvalue weighted by atomic mass is 32.2. The quantitative estimate of drug-likeness (QED) is 0.466. The van der Waals surface area contributed by atoms with E-state index in [-0.39, 0.29) is 36.2 Å². The normalized spacial score (nSPS) is 20.0. The summed E-state index contributed by atoms with van der Waals surface area (Å²) in [5.74, 6) is 0.417. The Morgan fingerprint density at radius 3 is 2.34 bits per heavy atom. The van der Waals surface area contributed by atoms with Crippen LogP contribution < -0.4 is 4.74 Å². The molecule has 1 aliphatic rings. The number of carbonyl (C=O) groups is 1. The van der Waals surface area contributed by atoms with E-state index in [1.54, 1.807) is 18.7 Å². The second-order valence-electron chi connectivity index (χ2n) is 7.51. The van der Waals surface area contributed by atoms with Gasteiger partial charge in [-0.05, 0) is 30.4 Å². The topological polar surface area (TPSA) is 110 Å². The van der Waals surface area contributed by atoms with E-state index < -0.39 is 20.6 Å². The number of rotatable bonds is 8. The SMILES string of the molecule is CCN(CC)S(=O)(=O)c1ccc(OCC(=O)N2CC(C)CC(C)C2)c([N+](=O)[O-])c1. The first-order valence-corrected chi connectivity index (χ1v) is 11.2. The average Bonchev–Trinajstić information content (AvgIpc) is 2.65. The highest BCUT2D eigenvalue weighted by molar-refractivity contribution is 7.89. The number of piperidine rings is 1. The van der Waals surface area contributed by atoms with Crippen LogP contribution in [0.15, 0.2) is 23.1 Å². The van der Waals surface area contributed by atoms with Crippen LogP contribution in [0.25, 0.3) is 0 Å². The molecule has 0 radical (unpaired) electrons. The van der Waals surface area contributed by atoms with Crippen LogP contribution in [0.3, 0.4) is 0 Å². The van der Waals surface area contributed by atoms with Crippen LogP contribution in [0, 0.1) is 22.0 Å². The molecular formula is C19H29N3O6S. The standard InChI is InChI=1S/C19H29N3O6S/c1-5-21(6-2)29(26,27)16-7-8-18(17(10-16)22(24)25)28-13-19(23)20-11-14(3)9-15(4)12-20/h7-8,10,14-15H,5-6,9,11-13H2,1-4H3. The minimum Gasteiger partial charge on any atom is -0.477 e. The molecule has 0 aromatic heterocycles. The summed E-state index contributed by atoms with van der Waals surface area (Å²) in [6.45, 7) is 9.00. The molecule has 2 rings (SSSR count). The predicted molar refractivity (Wildman–Crippen MR) is 108 cm³/mol. The summed E-state index contributed by atoms with van der Waals surface area (Å²) >= 11 is 0. The minimum absolute atomic E-state index is 0.125. The monoisotopic (exact) mass is 427 g/mol. The van der Waals surface area contributed by atoms with Gasteiger partial charge in [0.1, 0.15) is 0 Å². The fraction of sp³-hybridized carbons (Fsp3) is 0.632. The lowest BCUT2D eigenvalue weighted by Gasteiger charge is -2.34. The first kappa shape index (κ1) is 23.1. The van der Waals surface area contributed by atoms with E-state index in [2.05, 4.69) is 13.8 Å². The number of carbonyl (C=O) groups excluding carboxylic acids is 1. The molecule has 2 unspecified atom stereocenters. The Bertz CT molecular complexity index is 844. The number of nitro benzene ring substituents is 1. The fourth-order valence-corrected chi connectivity index (χ4v) is 5.21. The van der Waals surface area contributed by atoms with Gasteiger partial charge in [0, 0.05) is 32.2 Å². The molecule has 10 heteroatoms. The van der Waals surface area contributed by atoms with Crippen molar-refractivity contribution in [2.24, 2.45) is 11.8 Å². The van der Waals surface area contributed by atoms with Crippen LogP contribution in [-0.4, -0.2) is 61.2 Å². The molecule has 1 heterocycles. The van der Waals surface area contributed by atoms with Crippen molar-refractivity contribution in [2.45, 2.75) is 39.0 Å². The lowest BCUT2D eigenvalue weighted by atomic mass is 9.92. The lowest BCUT2D eigenvalue weighted by Crippen LogP contribution is -2.44. The van der Waals surface area contributed by atoms with E-state index in [0.717, 1.165) is 12.5 Å². The third-order valence-electron chi connectivity index (χ3n) is 5.04. The molecule has 1 saturated heterocycles. The molecule has 29 heavy (non-hydrogen) atoms. The molecule has 9 nitrogen and oxygen atoms in total. The smallest absolute Gasteiger partial charge is 0.312 e. The molecule has 0 N–H and O–H groups in total. The molecule has 0 bridgehead atoms. The lowest BCUT2D eigenvalue weighted by molar-refractivity contribution is -0.386. The Morgan fingerprint density at radius 1 is 1.24 bits per heavy atom. The van der Waals surface area contributed by atoms with Gasteiger partial charge in [-0.25, -0.2) is 8.42 Å². The Morgan fingerprint density at radius 2 is 1.83 bits per heavy atom. The molecular weight excluding hydrogens is 398 g/mol. The van der Waals surface area contributed by atoms with Crippen LogP contribution >= 0.6 is 0 Å². The molecule has 1 aliphatic heterocycles. The molecule has 162 valence electrons. The van der Waals surface area contributed by atoms with Crippen molar-refractivity contribution < 1.29 is 22.9 Å². The number of hydrogen-bond donors (Lipinski definition) is 0. The van der Waals surface area contributed by atoms with E-state index in [1.165, 1.54) is 16.4 Å². The van der Waals surface area contributed by atoms with E-state index in [1.807, 2.05) is 0 Å². The van der Waals surface area contributed by atoms with Gasteiger partial charge in [-0.1, -0.05) is 27.7 Å². The fourth-order valence-electron chi connectivity index (χ4n) is 3.73. The highest BCUT2D eigenvalue weighted by Gasteiger charge is 2.28. The van der Waals surface area contributed by atoms with Gasteiger partial charge < -0.3 is 9.64 Å². The molecule has 1 aromatic carbocycles. The summed E-state index contributed by atoms with van der Waals surface area (Å²) in [6, 6.07) is 3.49. The number of benzene rings is 1. The summed E-state index contributed by atoms with van der Waals surface area (Å²) in [5, 5.41) is 11.5. The largest absolute Gasteiger partial charge is 0.477 e. The van der Waals surface area contributed by atoms with Gasteiger partial charge in [0.2, 0.25) is 10.0 Å². The number of sulfonamides is 1. The van der Waals surface area contributed by atoms with E-state index >= 15 is 0 Å². The maximum absolute atomic E-state index is 12.6. The number of ether oxygens (including phenoxy) is 1. The van der Waals surface area contributed by atoms with Gasteiger partial charge in [0.15, 0.2) is 12.4 Å². The summed E-state index contributed by atoms with van der Waals surface area (Å²) in [7, 11) is -3.84. The van der Waals surface area contributed by atoms with Gasteiger partial charge in [0.25, 0.3) is 5.91 Å². The molecule has 0 spiro atoms. The minimum atomic E-state index is -3.84. The van der Waals surface area contributed by atoms with Gasteiger partial charge >= 0.3 is 5.69 Å². The number of nitrogens with zero attached hydrogens (tertiary/aromatic N) is 3. The van der Waals surface area contributed by atoms with Crippen molar-refractivity contribution >= 4 is 21.6 Å². The maximum Gasteiger partial charge on any atom is 0.312 e. The van der Waals surface area contributed by atoms with E-state index in [4.69, 9.17) is 4.74 Å². The third-order valence-corrected chi connectivity index (χ3v) is 7.09. The molecule has 1 amide bonds. The van der Waals surface area contributed by atoms with Crippen LogP contribution in [-0.2, 0) is 14.8 Å². The van der Waals surface area contributed by atoms with Crippen LogP contribution in [0.1, 0.15) is 34.1 Å². The van der Waals surface area contributed by atoms with Gasteiger partial charge in [-0.15, -0.1) is 0 Å². The molecule has 0 saturated carbocycles. The summed E-state index contributed by atoms with van der Waals surface area (Å²) in [5.41, 5.74) is -0.480.